The van der Waals surface area contributed by atoms with Crippen LogP contribution in [0.4, 0.5) is 0 Å². The number of amides is 2. The van der Waals surface area contributed by atoms with Crippen molar-refractivity contribution < 1.29 is 37.9 Å². The van der Waals surface area contributed by atoms with Crippen LogP contribution >= 0.6 is 0 Å². The highest BCUT2D eigenvalue weighted by Crippen LogP contribution is 2.37. The molecule has 1 aromatic carbocycles. The molecule has 3 unspecified atom stereocenters. The fraction of sp³-hybridized carbons (Fsp3) is 0.591. The van der Waals surface area contributed by atoms with E-state index in [4.69, 9.17) is 15.7 Å². The first-order chi connectivity index (χ1) is 15.9. The number of benzene rings is 1. The molecule has 11 nitrogen and oxygen atoms in total. The van der Waals surface area contributed by atoms with Gasteiger partial charge < -0.3 is 14.7 Å². The Balaban J connectivity index is 2.37. The van der Waals surface area contributed by atoms with Crippen molar-refractivity contribution >= 4 is 27.6 Å². The molecule has 1 heterocycles. The van der Waals surface area contributed by atoms with Crippen molar-refractivity contribution in [1.29, 1.82) is 0 Å². The van der Waals surface area contributed by atoms with E-state index >= 15 is 0 Å². The maximum Gasteiger partial charge on any atom is 0.306 e. The molecule has 0 saturated carbocycles. The lowest BCUT2D eigenvalue weighted by Gasteiger charge is -2.45. The Labute approximate surface area is 199 Å². The molecule has 0 aliphatic carbocycles. The first-order valence-electron chi connectivity index (χ1n) is 11.0. The van der Waals surface area contributed by atoms with Crippen LogP contribution in [0.25, 0.3) is 0 Å². The van der Waals surface area contributed by atoms with Crippen molar-refractivity contribution in [3.8, 4) is 5.75 Å². The molecule has 190 valence electrons. The number of carboxylic acid groups (broad SMARTS) is 1. The number of nitrogens with two attached hydrogens (primary N) is 1. The third kappa shape index (κ3) is 5.86. The molecule has 0 spiro atoms. The molecule has 12 heteroatoms. The minimum Gasteiger partial charge on any atom is -0.497 e. The maximum atomic E-state index is 13.6. The summed E-state index contributed by atoms with van der Waals surface area (Å²) in [5.41, 5.74) is 7.99. The van der Waals surface area contributed by atoms with E-state index in [0.717, 1.165) is 4.90 Å². The summed E-state index contributed by atoms with van der Waals surface area (Å²) >= 11 is 0. The number of hydroxylamine groups is 1. The van der Waals surface area contributed by atoms with Gasteiger partial charge in [-0.2, -0.15) is 0 Å². The fourth-order valence-corrected chi connectivity index (χ4v) is 6.06. The third-order valence-electron chi connectivity index (χ3n) is 6.13. The Kier molecular flexibility index (Phi) is 9.03. The molecular weight excluding hydrogens is 466 g/mol. The second-order valence-corrected chi connectivity index (χ2v) is 11.1. The number of methoxy groups -OCH3 is 1. The monoisotopic (exact) mass is 499 g/mol. The van der Waals surface area contributed by atoms with Gasteiger partial charge in [0.1, 0.15) is 5.75 Å². The van der Waals surface area contributed by atoms with Crippen LogP contribution in [0.2, 0.25) is 0 Å². The molecule has 1 fully saturated rings. The Bertz CT molecular complexity index is 996. The molecule has 1 saturated heterocycles. The Hall–Kier alpha value is -2.70. The molecular formula is C22H33N3O8S. The summed E-state index contributed by atoms with van der Waals surface area (Å²) in [5.74, 6) is -3.59. The average Bonchev–Trinajstić information content (AvgIpc) is 2.80. The lowest BCUT2D eigenvalue weighted by atomic mass is 9.91. The highest BCUT2D eigenvalue weighted by atomic mass is 32.2. The number of hydrogen-bond acceptors (Lipinski definition) is 8. The second-order valence-electron chi connectivity index (χ2n) is 8.94. The number of ether oxygens (including phenoxy) is 1. The first-order valence-corrected chi connectivity index (χ1v) is 12.5. The number of nitrogens with one attached hydrogen (secondary N) is 1. The molecule has 0 aromatic heterocycles. The number of carboxylic acids is 1. The van der Waals surface area contributed by atoms with Gasteiger partial charge >= 0.3 is 5.97 Å². The molecule has 34 heavy (non-hydrogen) atoms. The summed E-state index contributed by atoms with van der Waals surface area (Å²) in [4.78, 5) is 35.4. The van der Waals surface area contributed by atoms with E-state index < -0.39 is 50.9 Å². The van der Waals surface area contributed by atoms with Crippen LogP contribution < -0.4 is 16.0 Å². The summed E-state index contributed by atoms with van der Waals surface area (Å²) in [6.07, 6.45) is -0.140. The number of rotatable bonds is 10. The number of likely N-dealkylation sites (tertiary alicyclic amines) is 1. The van der Waals surface area contributed by atoms with E-state index in [1.54, 1.807) is 5.48 Å². The lowest BCUT2D eigenvalue weighted by molar-refractivity contribution is -0.149. The van der Waals surface area contributed by atoms with Gasteiger partial charge in [0.15, 0.2) is 0 Å². The van der Waals surface area contributed by atoms with Crippen molar-refractivity contribution in [3.63, 3.8) is 0 Å². The zero-order valence-corrected chi connectivity index (χ0v) is 20.4. The number of sulfone groups is 1. The number of piperidine rings is 1. The van der Waals surface area contributed by atoms with Crippen molar-refractivity contribution in [3.05, 3.63) is 24.3 Å². The Morgan fingerprint density at radius 1 is 1.26 bits per heavy atom. The van der Waals surface area contributed by atoms with Gasteiger partial charge in [-0.25, -0.2) is 13.9 Å². The first kappa shape index (κ1) is 27.5. The molecule has 5 N–H and O–H groups in total. The lowest BCUT2D eigenvalue weighted by Crippen LogP contribution is -2.67. The van der Waals surface area contributed by atoms with E-state index in [1.807, 2.05) is 13.8 Å². The number of hydrogen-bond donors (Lipinski definition) is 4. The van der Waals surface area contributed by atoms with E-state index in [-0.39, 0.29) is 36.6 Å². The fourth-order valence-electron chi connectivity index (χ4n) is 4.25. The van der Waals surface area contributed by atoms with Crippen LogP contribution in [0.1, 0.15) is 46.0 Å². The van der Waals surface area contributed by atoms with E-state index in [1.165, 1.54) is 31.4 Å². The van der Waals surface area contributed by atoms with Gasteiger partial charge in [-0.3, -0.25) is 25.3 Å². The van der Waals surface area contributed by atoms with Gasteiger partial charge in [0.05, 0.1) is 17.9 Å². The van der Waals surface area contributed by atoms with E-state index in [0.29, 0.717) is 12.2 Å². The van der Waals surface area contributed by atoms with Crippen LogP contribution in [0.3, 0.4) is 0 Å². The predicted molar refractivity (Wildman–Crippen MR) is 121 cm³/mol. The predicted octanol–water partition coefficient (Wildman–Crippen LogP) is 1.35. The number of carbonyl (C=O) groups excluding carboxylic acids is 2. The molecule has 0 radical (unpaired) electrons. The summed E-state index contributed by atoms with van der Waals surface area (Å²) in [7, 11) is -2.95. The quantitative estimate of drug-likeness (QED) is 0.273. The Morgan fingerprint density at radius 3 is 2.38 bits per heavy atom. The second kappa shape index (κ2) is 11.2. The summed E-state index contributed by atoms with van der Waals surface area (Å²) < 4.78 is 32.2. The van der Waals surface area contributed by atoms with Crippen molar-refractivity contribution in [2.75, 3.05) is 13.7 Å². The van der Waals surface area contributed by atoms with Crippen LogP contribution in [0, 0.1) is 17.8 Å². The van der Waals surface area contributed by atoms with E-state index in [9.17, 15) is 27.9 Å². The maximum absolute atomic E-state index is 13.6. The molecule has 1 aromatic rings. The molecule has 1 aliphatic rings. The highest BCUT2D eigenvalue weighted by molar-refractivity contribution is 7.92. The Morgan fingerprint density at radius 2 is 1.88 bits per heavy atom. The number of carbonyl (C=O) groups is 3. The average molecular weight is 500 g/mol. The highest BCUT2D eigenvalue weighted by Gasteiger charge is 2.53. The minimum atomic E-state index is -4.38. The van der Waals surface area contributed by atoms with Crippen LogP contribution in [-0.4, -0.2) is 60.1 Å². The topological polar surface area (TPSA) is 176 Å². The minimum absolute atomic E-state index is 0.0463. The number of aliphatic carboxylic acids is 1. The van der Waals surface area contributed by atoms with Gasteiger partial charge in [0.2, 0.25) is 26.6 Å². The van der Waals surface area contributed by atoms with Crippen LogP contribution in [0.5, 0.6) is 5.75 Å². The molecule has 1 aliphatic heterocycles. The van der Waals surface area contributed by atoms with Crippen LogP contribution in [-0.2, 0) is 24.2 Å². The summed E-state index contributed by atoms with van der Waals surface area (Å²) in [5, 5.41) is 18.5. The van der Waals surface area contributed by atoms with Crippen LogP contribution in [0.15, 0.2) is 29.2 Å². The van der Waals surface area contributed by atoms with Crippen molar-refractivity contribution in [1.82, 2.24) is 10.4 Å². The molecule has 2 rings (SSSR count). The summed E-state index contributed by atoms with van der Waals surface area (Å²) in [6, 6.07) is 5.45. The van der Waals surface area contributed by atoms with Gasteiger partial charge in [-0.1, -0.05) is 13.8 Å². The molecule has 3 atom stereocenters. The van der Waals surface area contributed by atoms with Gasteiger partial charge in [0.25, 0.3) is 0 Å². The van der Waals surface area contributed by atoms with Crippen molar-refractivity contribution in [2.45, 2.75) is 55.8 Å². The van der Waals surface area contributed by atoms with E-state index in [2.05, 4.69) is 0 Å². The molecule has 2 amide bonds. The zero-order valence-electron chi connectivity index (χ0n) is 19.6. The van der Waals surface area contributed by atoms with Gasteiger partial charge in [-0.15, -0.1) is 0 Å². The third-order valence-corrected chi connectivity index (χ3v) is 8.34. The standard InChI is InChI=1S/C22H33N3O8S/c1-14(2)12-15(20(27)24-30)4-9-19(26)25-11-10-16(21(28)29)13-22(25,23)34(31,32)18-7-5-17(33-3)6-8-18/h5-8,14-16,30H,4,9-13,23H2,1-3H3,(H,24,27)(H,28,29). The van der Waals surface area contributed by atoms with Gasteiger partial charge in [0, 0.05) is 25.3 Å². The van der Waals surface area contributed by atoms with Gasteiger partial charge in [-0.05, 0) is 49.4 Å². The number of nitrogens with zero attached hydrogens (tertiary/aromatic N) is 1. The largest absolute Gasteiger partial charge is 0.497 e. The normalized spacial score (nSPS) is 21.7. The smallest absolute Gasteiger partial charge is 0.306 e. The molecule has 0 bridgehead atoms. The SMILES string of the molecule is COc1ccc(S(=O)(=O)C2(N)CC(C(=O)O)CCN2C(=O)CCC(CC(C)C)C(=O)NO)cc1. The van der Waals surface area contributed by atoms with Crippen molar-refractivity contribution in [2.24, 2.45) is 23.5 Å². The summed E-state index contributed by atoms with van der Waals surface area (Å²) in [6.45, 7) is 3.62. The zero-order chi connectivity index (χ0) is 25.7.